The molecular formula is C51H60O12. The quantitative estimate of drug-likeness (QED) is 0.0662. The number of carbonyl (C=O) groups excluding carboxylic acids is 1. The van der Waals surface area contributed by atoms with E-state index in [0.717, 1.165) is 27.8 Å². The van der Waals surface area contributed by atoms with E-state index in [1.54, 1.807) is 0 Å². The molecule has 4 aromatic rings. The maximum absolute atomic E-state index is 13.0. The lowest BCUT2D eigenvalue weighted by atomic mass is 9.82. The van der Waals surface area contributed by atoms with E-state index in [0.29, 0.717) is 39.5 Å². The zero-order valence-corrected chi connectivity index (χ0v) is 36.6. The molecule has 8 rings (SSSR count). The van der Waals surface area contributed by atoms with Crippen molar-refractivity contribution in [3.8, 4) is 0 Å². The third-order valence-electron chi connectivity index (χ3n) is 11.8. The first-order chi connectivity index (χ1) is 30.5. The van der Waals surface area contributed by atoms with Gasteiger partial charge in [-0.05, 0) is 56.4 Å². The Morgan fingerprint density at radius 3 is 1.67 bits per heavy atom. The molecule has 63 heavy (non-hydrogen) atoms. The number of rotatable bonds is 19. The lowest BCUT2D eigenvalue weighted by molar-refractivity contribution is -0.313. The van der Waals surface area contributed by atoms with Crippen LogP contribution in [-0.2, 0) is 78.5 Å². The molecule has 0 saturated carbocycles. The van der Waals surface area contributed by atoms with E-state index in [-0.39, 0.29) is 18.9 Å². The van der Waals surface area contributed by atoms with Crippen molar-refractivity contribution in [2.24, 2.45) is 5.92 Å². The third kappa shape index (κ3) is 12.0. The lowest BCUT2D eigenvalue weighted by Gasteiger charge is -2.46. The molecule has 0 aromatic heterocycles. The van der Waals surface area contributed by atoms with Crippen LogP contribution < -0.4 is 0 Å². The van der Waals surface area contributed by atoms with Crippen molar-refractivity contribution in [1.29, 1.82) is 0 Å². The molecule has 4 saturated heterocycles. The van der Waals surface area contributed by atoms with Crippen LogP contribution in [0.4, 0.5) is 4.79 Å². The van der Waals surface area contributed by atoms with Gasteiger partial charge in [-0.1, -0.05) is 133 Å². The highest BCUT2D eigenvalue weighted by Gasteiger charge is 2.57. The minimum Gasteiger partial charge on any atom is -0.427 e. The summed E-state index contributed by atoms with van der Waals surface area (Å²) < 4.78 is 70.6. The molecule has 4 fully saturated rings. The van der Waals surface area contributed by atoms with Gasteiger partial charge in [0, 0.05) is 12.3 Å². The molecule has 4 aliphatic heterocycles. The van der Waals surface area contributed by atoms with Crippen LogP contribution in [0, 0.1) is 5.92 Å². The van der Waals surface area contributed by atoms with Crippen LogP contribution in [0.15, 0.2) is 133 Å². The smallest absolute Gasteiger partial charge is 0.427 e. The van der Waals surface area contributed by atoms with Crippen molar-refractivity contribution in [2.45, 2.75) is 134 Å². The number of ether oxygens (including phenoxy) is 11. The molecule has 10 atom stereocenters. The molecule has 0 spiro atoms. The topological polar surface area (TPSA) is 119 Å². The van der Waals surface area contributed by atoms with Gasteiger partial charge >= 0.3 is 6.16 Å². The number of benzene rings is 4. The van der Waals surface area contributed by atoms with E-state index in [9.17, 15) is 4.79 Å². The summed E-state index contributed by atoms with van der Waals surface area (Å²) in [5, 5.41) is 0. The minimum atomic E-state index is -0.969. The minimum absolute atomic E-state index is 0.226. The molecule has 0 unspecified atom stereocenters. The van der Waals surface area contributed by atoms with Gasteiger partial charge in [-0.15, -0.1) is 0 Å². The Kier molecular flexibility index (Phi) is 14.7. The average molecular weight is 865 g/mol. The maximum Gasteiger partial charge on any atom is 0.509 e. The number of hydrogen-bond acceptors (Lipinski definition) is 12. The summed E-state index contributed by atoms with van der Waals surface area (Å²) in [6.45, 7) is 13.8. The molecule has 12 heteroatoms. The Morgan fingerprint density at radius 1 is 0.587 bits per heavy atom. The highest BCUT2D eigenvalue weighted by molar-refractivity contribution is 5.62. The SMILES string of the molecule is C=C(C[C@H]1[C@@H](OCc2ccccc2)[C@@H](COCc2ccccc2)O[C@@H](OCc2ccccc2)[C@@H]1OCc1ccccc1)C[C@@H]1OC(=O)O[C@@H]1[C@H]1OC(C)(C)O[C@@H]1[C@H]1COC(C)(C)O1. The van der Waals surface area contributed by atoms with Crippen molar-refractivity contribution in [3.63, 3.8) is 0 Å². The second kappa shape index (κ2) is 20.6. The zero-order valence-electron chi connectivity index (χ0n) is 36.6. The molecule has 4 heterocycles. The molecule has 4 aliphatic rings. The molecule has 336 valence electrons. The van der Waals surface area contributed by atoms with Gasteiger partial charge in [-0.25, -0.2) is 4.79 Å². The maximum atomic E-state index is 13.0. The first-order valence-electron chi connectivity index (χ1n) is 21.9. The molecule has 0 aliphatic carbocycles. The highest BCUT2D eigenvalue weighted by atomic mass is 16.8. The summed E-state index contributed by atoms with van der Waals surface area (Å²) >= 11 is 0. The summed E-state index contributed by atoms with van der Waals surface area (Å²) in [4.78, 5) is 13.0. The standard InChI is InChI=1S/C51H60O12/c1-34(27-40-45(60-49(52)59-40)47-46(62-51(4,5)63-47)42-33-57-50(2,3)61-42)26-39-43(54-29-36-20-12-7-13-21-36)41(32-53-28-35-18-10-6-11-19-35)58-48(56-31-38-24-16-9-17-25-38)44(39)55-30-37-22-14-8-15-23-37/h6-25,39-48H,1,26-33H2,2-5H3/t39-,40-,41+,42+,43+,44+,45-,46+,47+,48+/m0/s1. The molecule has 12 nitrogen and oxygen atoms in total. The van der Waals surface area contributed by atoms with E-state index in [1.807, 2.05) is 149 Å². The second-order valence-corrected chi connectivity index (χ2v) is 17.6. The van der Waals surface area contributed by atoms with E-state index in [1.165, 1.54) is 0 Å². The summed E-state index contributed by atoms with van der Waals surface area (Å²) in [7, 11) is 0. The van der Waals surface area contributed by atoms with Crippen LogP contribution in [0.3, 0.4) is 0 Å². The van der Waals surface area contributed by atoms with E-state index in [4.69, 9.17) is 52.1 Å². The van der Waals surface area contributed by atoms with E-state index < -0.39 is 72.9 Å². The molecule has 0 bridgehead atoms. The number of carbonyl (C=O) groups is 1. The van der Waals surface area contributed by atoms with Crippen LogP contribution >= 0.6 is 0 Å². The Bertz CT molecular complexity index is 2050. The fourth-order valence-corrected chi connectivity index (χ4v) is 8.86. The van der Waals surface area contributed by atoms with Crippen LogP contribution in [0.1, 0.15) is 62.8 Å². The predicted molar refractivity (Wildman–Crippen MR) is 232 cm³/mol. The fourth-order valence-electron chi connectivity index (χ4n) is 8.86. The summed E-state index contributed by atoms with van der Waals surface area (Å²) in [5.41, 5.74) is 4.84. The predicted octanol–water partition coefficient (Wildman–Crippen LogP) is 8.84. The summed E-state index contributed by atoms with van der Waals surface area (Å²) in [6.07, 6.45) is -5.87. The Hall–Kier alpha value is -4.47. The van der Waals surface area contributed by atoms with Gasteiger partial charge in [-0.2, -0.15) is 0 Å². The van der Waals surface area contributed by atoms with Crippen LogP contribution in [0.2, 0.25) is 0 Å². The summed E-state index contributed by atoms with van der Waals surface area (Å²) in [5.74, 6) is -2.12. The van der Waals surface area contributed by atoms with Crippen molar-refractivity contribution in [2.75, 3.05) is 13.2 Å². The monoisotopic (exact) mass is 864 g/mol. The Labute approximate surface area is 370 Å². The van der Waals surface area contributed by atoms with Crippen LogP contribution in [0.25, 0.3) is 0 Å². The van der Waals surface area contributed by atoms with Crippen molar-refractivity contribution in [3.05, 3.63) is 156 Å². The first-order valence-corrected chi connectivity index (χ1v) is 21.9. The first kappa shape index (κ1) is 45.1. The molecule has 0 N–H and O–H groups in total. The average Bonchev–Trinajstić information content (AvgIpc) is 3.95. The van der Waals surface area contributed by atoms with Gasteiger partial charge in [-0.3, -0.25) is 0 Å². The molecule has 0 amide bonds. The van der Waals surface area contributed by atoms with Gasteiger partial charge in [0.2, 0.25) is 0 Å². The van der Waals surface area contributed by atoms with Gasteiger partial charge in [0.05, 0.1) is 45.7 Å². The normalized spacial score (nSPS) is 29.9. The molecular weight excluding hydrogens is 805 g/mol. The van der Waals surface area contributed by atoms with E-state index >= 15 is 0 Å². The third-order valence-corrected chi connectivity index (χ3v) is 11.8. The molecule has 4 aromatic carbocycles. The largest absolute Gasteiger partial charge is 0.509 e. The number of cyclic esters (lactones) is 2. The van der Waals surface area contributed by atoms with Gasteiger partial charge in [0.25, 0.3) is 0 Å². The zero-order chi connectivity index (χ0) is 43.8. The fraction of sp³-hybridized carbons (Fsp3) is 0.471. The lowest BCUT2D eigenvalue weighted by Crippen LogP contribution is -2.58. The Balaban J connectivity index is 1.08. The summed E-state index contributed by atoms with van der Waals surface area (Å²) in [6, 6.07) is 40.1. The molecule has 0 radical (unpaired) electrons. The van der Waals surface area contributed by atoms with Gasteiger partial charge in [0.15, 0.2) is 24.0 Å². The highest BCUT2D eigenvalue weighted by Crippen LogP contribution is 2.42. The van der Waals surface area contributed by atoms with E-state index in [2.05, 4.69) is 6.58 Å². The van der Waals surface area contributed by atoms with Crippen LogP contribution in [0.5, 0.6) is 0 Å². The van der Waals surface area contributed by atoms with Crippen molar-refractivity contribution in [1.82, 2.24) is 0 Å². The number of hydrogen-bond donors (Lipinski definition) is 0. The van der Waals surface area contributed by atoms with Crippen LogP contribution in [-0.4, -0.2) is 86.1 Å². The van der Waals surface area contributed by atoms with Crippen molar-refractivity contribution < 1.29 is 56.9 Å². The Morgan fingerprint density at radius 2 is 1.11 bits per heavy atom. The van der Waals surface area contributed by atoms with Gasteiger partial charge in [0.1, 0.15) is 36.6 Å². The van der Waals surface area contributed by atoms with Gasteiger partial charge < -0.3 is 52.1 Å². The van der Waals surface area contributed by atoms with Crippen molar-refractivity contribution >= 4 is 6.16 Å². The second-order valence-electron chi connectivity index (χ2n) is 17.6.